The number of hydrogen-bond donors (Lipinski definition) is 2. The first-order valence-corrected chi connectivity index (χ1v) is 12.8. The van der Waals surface area contributed by atoms with Crippen LogP contribution in [0.4, 0.5) is 18.9 Å². The monoisotopic (exact) mass is 510 g/mol. The molecule has 0 radical (unpaired) electrons. The van der Waals surface area contributed by atoms with E-state index in [1.54, 1.807) is 20.1 Å². The van der Waals surface area contributed by atoms with E-state index in [9.17, 15) is 23.1 Å². The number of pyridine rings is 1. The number of aliphatic hydroxyl groups is 1. The van der Waals surface area contributed by atoms with Gasteiger partial charge in [-0.1, -0.05) is 0 Å². The Morgan fingerprint density at radius 2 is 2.14 bits per heavy atom. The van der Waals surface area contributed by atoms with Crippen molar-refractivity contribution in [2.24, 2.45) is 5.41 Å². The van der Waals surface area contributed by atoms with Gasteiger partial charge in [-0.2, -0.15) is 13.2 Å². The molecule has 36 heavy (non-hydrogen) atoms. The molecule has 4 aliphatic heterocycles. The number of hydrogen-bond acceptors (Lipinski definition) is 7. The minimum atomic E-state index is -4.53. The first kappa shape index (κ1) is 24.4. The van der Waals surface area contributed by atoms with Crippen molar-refractivity contribution in [3.63, 3.8) is 0 Å². The first-order valence-electron chi connectivity index (χ1n) is 12.8. The number of nitrogens with zero attached hydrogens (tertiary/aromatic N) is 3. The van der Waals surface area contributed by atoms with Crippen LogP contribution in [-0.4, -0.2) is 89.7 Å². The Hall–Kier alpha value is -1.95. The Bertz CT molecular complexity index is 1040. The number of methoxy groups -OCH3 is 1. The predicted octanol–water partition coefficient (Wildman–Crippen LogP) is 1.96. The fraction of sp³-hybridized carbons (Fsp3) is 0.760. The highest BCUT2D eigenvalue weighted by atomic mass is 19.4. The number of ether oxygens (including phenoxy) is 2. The molecule has 5 aliphatic rings. The van der Waals surface area contributed by atoms with Gasteiger partial charge in [0.1, 0.15) is 5.69 Å². The van der Waals surface area contributed by atoms with E-state index in [0.29, 0.717) is 44.7 Å². The van der Waals surface area contributed by atoms with Gasteiger partial charge in [-0.15, -0.1) is 0 Å². The average Bonchev–Trinajstić information content (AvgIpc) is 3.60. The van der Waals surface area contributed by atoms with Gasteiger partial charge in [0.05, 0.1) is 41.9 Å². The number of piperazine rings is 1. The second-order valence-electron chi connectivity index (χ2n) is 11.2. The Labute approximate surface area is 208 Å². The van der Waals surface area contributed by atoms with E-state index in [0.717, 1.165) is 18.9 Å². The molecule has 2 bridgehead atoms. The van der Waals surface area contributed by atoms with Crippen molar-refractivity contribution >= 4 is 11.6 Å². The van der Waals surface area contributed by atoms with E-state index in [2.05, 4.69) is 10.3 Å². The van der Waals surface area contributed by atoms with Gasteiger partial charge >= 0.3 is 6.18 Å². The summed E-state index contributed by atoms with van der Waals surface area (Å²) in [7, 11) is 1.67. The van der Waals surface area contributed by atoms with Crippen LogP contribution in [0.1, 0.15) is 44.7 Å². The van der Waals surface area contributed by atoms with Gasteiger partial charge < -0.3 is 29.7 Å². The molecular formula is C25H33F3N4O4. The highest BCUT2D eigenvalue weighted by molar-refractivity contribution is 5.90. The Morgan fingerprint density at radius 1 is 1.33 bits per heavy atom. The van der Waals surface area contributed by atoms with Gasteiger partial charge in [0.2, 0.25) is 5.91 Å². The van der Waals surface area contributed by atoms with Gasteiger partial charge in [0, 0.05) is 44.2 Å². The summed E-state index contributed by atoms with van der Waals surface area (Å²) in [4.78, 5) is 21.2. The quantitative estimate of drug-likeness (QED) is 0.641. The molecule has 6 rings (SSSR count). The van der Waals surface area contributed by atoms with Crippen LogP contribution in [0.15, 0.2) is 18.3 Å². The maximum atomic E-state index is 13.9. The number of alkyl halides is 3. The Balaban J connectivity index is 1.24. The number of carbonyl (C=O) groups is 1. The minimum absolute atomic E-state index is 0.00470. The van der Waals surface area contributed by atoms with Crippen LogP contribution in [0.25, 0.3) is 0 Å². The Kier molecular flexibility index (Phi) is 5.61. The molecule has 1 aromatic rings. The van der Waals surface area contributed by atoms with Gasteiger partial charge in [-0.05, 0) is 51.2 Å². The third-order valence-electron chi connectivity index (χ3n) is 9.50. The van der Waals surface area contributed by atoms with E-state index in [4.69, 9.17) is 9.47 Å². The third kappa shape index (κ3) is 3.42. The fourth-order valence-electron chi connectivity index (χ4n) is 7.77. The predicted molar refractivity (Wildman–Crippen MR) is 123 cm³/mol. The summed E-state index contributed by atoms with van der Waals surface area (Å²) in [5.41, 5.74) is -2.69. The summed E-state index contributed by atoms with van der Waals surface area (Å²) in [5, 5.41) is 15.7. The van der Waals surface area contributed by atoms with Gasteiger partial charge in [-0.25, -0.2) is 0 Å². The summed E-state index contributed by atoms with van der Waals surface area (Å²) in [6.07, 6.45) is -0.0453. The SMILES string of the molecule is CO[C@@H]1COCC[C@@H]1N[C@@H]1CC[C@@]2(C1)C(=O)N1C([C@@H]3C[C@H]1CN3c1ccnc(C(F)(F)F)c1)C2(C)O. The second-order valence-corrected chi connectivity index (χ2v) is 11.2. The summed E-state index contributed by atoms with van der Waals surface area (Å²) in [6.45, 7) is 3.41. The number of rotatable bonds is 4. The maximum absolute atomic E-state index is 13.9. The normalized spacial score (nSPS) is 42.1. The van der Waals surface area contributed by atoms with Crippen LogP contribution in [-0.2, 0) is 20.4 Å². The van der Waals surface area contributed by atoms with Crippen LogP contribution < -0.4 is 10.2 Å². The fourth-order valence-corrected chi connectivity index (χ4v) is 7.77. The number of nitrogens with one attached hydrogen (secondary N) is 1. The number of anilines is 1. The smallest absolute Gasteiger partial charge is 0.387 e. The molecule has 0 aromatic carbocycles. The number of carbonyl (C=O) groups excluding carboxylic acids is 1. The number of aromatic nitrogens is 1. The lowest BCUT2D eigenvalue weighted by molar-refractivity contribution is -0.142. The molecule has 1 aromatic heterocycles. The van der Waals surface area contributed by atoms with Crippen molar-refractivity contribution in [2.75, 3.05) is 31.8 Å². The van der Waals surface area contributed by atoms with Crippen molar-refractivity contribution in [1.82, 2.24) is 15.2 Å². The lowest BCUT2D eigenvalue weighted by atomic mass is 9.69. The first-order chi connectivity index (χ1) is 17.1. The highest BCUT2D eigenvalue weighted by Crippen LogP contribution is 2.60. The lowest BCUT2D eigenvalue weighted by Crippen LogP contribution is -2.59. The molecule has 4 saturated heterocycles. The molecule has 5 fully saturated rings. The largest absolute Gasteiger partial charge is 0.433 e. The van der Waals surface area contributed by atoms with Crippen molar-refractivity contribution < 1.29 is 32.5 Å². The van der Waals surface area contributed by atoms with Gasteiger partial charge in [0.25, 0.3) is 0 Å². The van der Waals surface area contributed by atoms with E-state index in [1.807, 2.05) is 9.80 Å². The van der Waals surface area contributed by atoms with Crippen molar-refractivity contribution in [3.05, 3.63) is 24.0 Å². The van der Waals surface area contributed by atoms with Crippen LogP contribution in [0.2, 0.25) is 0 Å². The molecule has 1 amide bonds. The molecule has 5 heterocycles. The zero-order valence-corrected chi connectivity index (χ0v) is 20.5. The third-order valence-corrected chi connectivity index (χ3v) is 9.50. The van der Waals surface area contributed by atoms with Crippen molar-refractivity contribution in [2.45, 2.75) is 87.1 Å². The molecule has 198 valence electrons. The Morgan fingerprint density at radius 3 is 2.89 bits per heavy atom. The molecular weight excluding hydrogens is 477 g/mol. The zero-order chi connectivity index (χ0) is 25.5. The molecule has 2 unspecified atom stereocenters. The van der Waals surface area contributed by atoms with Crippen LogP contribution in [0.5, 0.6) is 0 Å². The molecule has 8 nitrogen and oxygen atoms in total. The molecule has 1 spiro atoms. The van der Waals surface area contributed by atoms with E-state index >= 15 is 0 Å². The summed E-state index contributed by atoms with van der Waals surface area (Å²) < 4.78 is 51.0. The minimum Gasteiger partial charge on any atom is -0.387 e. The molecule has 11 heteroatoms. The summed E-state index contributed by atoms with van der Waals surface area (Å²) >= 11 is 0. The van der Waals surface area contributed by atoms with Crippen molar-refractivity contribution in [1.29, 1.82) is 0 Å². The standard InChI is InChI=1S/C25H33F3N4O4/c1-23(34)21-18-9-16(12-31(18)15-4-7-29-20(10-15)25(26,27)28)32(21)22(33)24(23)6-3-14(11-24)30-17-5-8-36-13-19(17)35-2/h4,7,10,14,16-19,21,30,34H,3,5-6,8-9,11-13H2,1-2H3/t14-,16+,17+,18+,19-,21?,23?,24-/m1/s1. The number of fused-ring (bicyclic) bond motifs is 5. The van der Waals surface area contributed by atoms with E-state index in [1.165, 1.54) is 6.20 Å². The van der Waals surface area contributed by atoms with E-state index < -0.39 is 28.9 Å². The van der Waals surface area contributed by atoms with Crippen LogP contribution in [0.3, 0.4) is 0 Å². The van der Waals surface area contributed by atoms with Crippen molar-refractivity contribution in [3.8, 4) is 0 Å². The molecule has 2 N–H and O–H groups in total. The number of amides is 1. The van der Waals surface area contributed by atoms with Crippen LogP contribution >= 0.6 is 0 Å². The average molecular weight is 511 g/mol. The lowest BCUT2D eigenvalue weighted by Gasteiger charge is -2.43. The van der Waals surface area contributed by atoms with Gasteiger partial charge in [0.15, 0.2) is 0 Å². The molecule has 1 aliphatic carbocycles. The zero-order valence-electron chi connectivity index (χ0n) is 20.5. The van der Waals surface area contributed by atoms with Gasteiger partial charge in [-0.3, -0.25) is 9.78 Å². The van der Waals surface area contributed by atoms with E-state index in [-0.39, 0.29) is 36.2 Å². The second kappa shape index (κ2) is 8.28. The summed E-state index contributed by atoms with van der Waals surface area (Å²) in [6, 6.07) is 2.04. The van der Waals surface area contributed by atoms with Crippen LogP contribution in [0, 0.1) is 5.41 Å². The topological polar surface area (TPSA) is 87.2 Å². The maximum Gasteiger partial charge on any atom is 0.433 e. The summed E-state index contributed by atoms with van der Waals surface area (Å²) in [5.74, 6) is -0.00470. The highest BCUT2D eigenvalue weighted by Gasteiger charge is 2.74. The molecule has 1 saturated carbocycles. The number of halogens is 3. The molecule has 8 atom stereocenters.